The van der Waals surface area contributed by atoms with Gasteiger partial charge < -0.3 is 0 Å². The van der Waals surface area contributed by atoms with Crippen LogP contribution >= 0.6 is 0 Å². The van der Waals surface area contributed by atoms with Gasteiger partial charge in [0.2, 0.25) is 0 Å². The zero-order valence-corrected chi connectivity index (χ0v) is 10.4. The van der Waals surface area contributed by atoms with Gasteiger partial charge in [0, 0.05) is 6.04 Å². The molecule has 17 heavy (non-hydrogen) atoms. The maximum absolute atomic E-state index is 8.73. The minimum Gasteiger partial charge on any atom is -0.297 e. The lowest BCUT2D eigenvalue weighted by Gasteiger charge is -2.19. The Bertz CT molecular complexity index is 420. The van der Waals surface area contributed by atoms with Gasteiger partial charge in [-0.1, -0.05) is 31.4 Å². The molecule has 2 atom stereocenters. The summed E-state index contributed by atoms with van der Waals surface area (Å²) < 4.78 is 0. The van der Waals surface area contributed by atoms with Gasteiger partial charge in [-0.15, -0.1) is 6.42 Å². The normalized spacial score (nSPS) is 13.4. The van der Waals surface area contributed by atoms with Crippen LogP contribution in [0.4, 0.5) is 0 Å². The Kier molecular flexibility index (Phi) is 5.27. The number of nitrogens with one attached hydrogen (secondary N) is 1. The predicted molar refractivity (Wildman–Crippen MR) is 70.2 cm³/mol. The Hall–Kier alpha value is -1.77. The molecule has 0 saturated carbocycles. The molecule has 0 saturated heterocycles. The Labute approximate surface area is 104 Å². The first-order valence-corrected chi connectivity index (χ1v) is 5.93. The van der Waals surface area contributed by atoms with Crippen LogP contribution in [-0.2, 0) is 0 Å². The van der Waals surface area contributed by atoms with Crippen molar-refractivity contribution in [3.8, 4) is 18.4 Å². The van der Waals surface area contributed by atoms with Gasteiger partial charge in [0.05, 0.1) is 17.7 Å². The molecule has 1 rings (SSSR count). The summed E-state index contributed by atoms with van der Waals surface area (Å²) in [5, 5.41) is 12.1. The van der Waals surface area contributed by atoms with Crippen LogP contribution in [0.1, 0.15) is 43.9 Å². The summed E-state index contributed by atoms with van der Waals surface area (Å²) in [6.07, 6.45) is 7.53. The van der Waals surface area contributed by atoms with E-state index in [1.54, 1.807) is 0 Å². The van der Waals surface area contributed by atoms with Crippen molar-refractivity contribution in [2.45, 2.75) is 38.8 Å². The first-order chi connectivity index (χ1) is 8.21. The molecule has 1 N–H and O–H groups in total. The van der Waals surface area contributed by atoms with E-state index in [0.717, 1.165) is 18.4 Å². The molecule has 1 aromatic carbocycles. The van der Waals surface area contributed by atoms with Gasteiger partial charge in [0.1, 0.15) is 0 Å². The highest BCUT2D eigenvalue weighted by atomic mass is 14.9. The van der Waals surface area contributed by atoms with E-state index >= 15 is 0 Å². The van der Waals surface area contributed by atoms with Gasteiger partial charge in [-0.2, -0.15) is 5.26 Å². The molecule has 88 valence electrons. The lowest BCUT2D eigenvalue weighted by molar-refractivity contribution is 0.495. The van der Waals surface area contributed by atoms with Crippen molar-refractivity contribution in [2.75, 3.05) is 0 Å². The highest BCUT2D eigenvalue weighted by Gasteiger charge is 2.10. The summed E-state index contributed by atoms with van der Waals surface area (Å²) >= 11 is 0. The molecule has 0 spiro atoms. The van der Waals surface area contributed by atoms with E-state index < -0.39 is 0 Å². The number of nitrogens with zero attached hydrogens (tertiary/aromatic N) is 1. The minimum atomic E-state index is 0.116. The third kappa shape index (κ3) is 3.94. The zero-order valence-electron chi connectivity index (χ0n) is 10.4. The fourth-order valence-corrected chi connectivity index (χ4v) is 1.75. The SMILES string of the molecule is C#CC(CCC)NC(C)c1ccc(C#N)cc1. The average Bonchev–Trinajstić information content (AvgIpc) is 2.38. The summed E-state index contributed by atoms with van der Waals surface area (Å²) in [7, 11) is 0. The maximum Gasteiger partial charge on any atom is 0.0991 e. The molecule has 0 aromatic heterocycles. The molecule has 2 unspecified atom stereocenters. The Balaban J connectivity index is 2.66. The van der Waals surface area contributed by atoms with Gasteiger partial charge >= 0.3 is 0 Å². The molecule has 2 nitrogen and oxygen atoms in total. The molecule has 0 heterocycles. The fourth-order valence-electron chi connectivity index (χ4n) is 1.75. The monoisotopic (exact) mass is 226 g/mol. The molecule has 0 fully saturated rings. The van der Waals surface area contributed by atoms with E-state index in [2.05, 4.69) is 31.2 Å². The molecule has 0 aliphatic heterocycles. The molecule has 0 bridgehead atoms. The second-order valence-corrected chi connectivity index (χ2v) is 4.13. The second kappa shape index (κ2) is 6.74. The van der Waals surface area contributed by atoms with Crippen LogP contribution in [0.3, 0.4) is 0 Å². The predicted octanol–water partition coefficient (Wildman–Crippen LogP) is 3.01. The summed E-state index contributed by atoms with van der Waals surface area (Å²) in [6.45, 7) is 4.21. The lowest BCUT2D eigenvalue weighted by Crippen LogP contribution is -2.30. The lowest BCUT2D eigenvalue weighted by atomic mass is 10.0. The van der Waals surface area contributed by atoms with Crippen LogP contribution in [-0.4, -0.2) is 6.04 Å². The third-order valence-corrected chi connectivity index (χ3v) is 2.77. The molecule has 2 heteroatoms. The van der Waals surface area contributed by atoms with E-state index in [4.69, 9.17) is 11.7 Å². The van der Waals surface area contributed by atoms with Crippen molar-refractivity contribution in [1.29, 1.82) is 5.26 Å². The summed E-state index contributed by atoms with van der Waals surface area (Å²) in [5.74, 6) is 2.76. The van der Waals surface area contributed by atoms with Gasteiger partial charge in [-0.25, -0.2) is 0 Å². The Morgan fingerprint density at radius 3 is 2.47 bits per heavy atom. The molecule has 0 aliphatic rings. The standard InChI is InChI=1S/C15H18N2/c1-4-6-15(5-2)17-12(3)14-9-7-13(11-16)8-10-14/h2,7-10,12,15,17H,4,6H2,1,3H3. The maximum atomic E-state index is 8.73. The van der Waals surface area contributed by atoms with Crippen molar-refractivity contribution in [3.05, 3.63) is 35.4 Å². The van der Waals surface area contributed by atoms with Crippen molar-refractivity contribution < 1.29 is 0 Å². The summed E-state index contributed by atoms with van der Waals surface area (Å²) in [4.78, 5) is 0. The number of terminal acetylenes is 1. The van der Waals surface area contributed by atoms with E-state index in [0.29, 0.717) is 5.56 Å². The molecule has 0 amide bonds. The van der Waals surface area contributed by atoms with Crippen LogP contribution in [0, 0.1) is 23.7 Å². The Morgan fingerprint density at radius 1 is 1.35 bits per heavy atom. The number of rotatable bonds is 5. The van der Waals surface area contributed by atoms with Crippen LogP contribution in [0.15, 0.2) is 24.3 Å². The third-order valence-electron chi connectivity index (χ3n) is 2.77. The smallest absolute Gasteiger partial charge is 0.0991 e. The average molecular weight is 226 g/mol. The number of hydrogen-bond acceptors (Lipinski definition) is 2. The molecule has 1 aromatic rings. The summed E-state index contributed by atoms with van der Waals surface area (Å²) in [5.41, 5.74) is 1.84. The minimum absolute atomic E-state index is 0.116. The van der Waals surface area contributed by atoms with E-state index in [1.807, 2.05) is 24.3 Å². The van der Waals surface area contributed by atoms with E-state index in [9.17, 15) is 0 Å². The van der Waals surface area contributed by atoms with E-state index in [1.165, 1.54) is 0 Å². The van der Waals surface area contributed by atoms with Crippen LogP contribution in [0.2, 0.25) is 0 Å². The molecular formula is C15H18N2. The highest BCUT2D eigenvalue weighted by Crippen LogP contribution is 2.14. The first-order valence-electron chi connectivity index (χ1n) is 5.93. The first kappa shape index (κ1) is 13.3. The van der Waals surface area contributed by atoms with E-state index in [-0.39, 0.29) is 12.1 Å². The second-order valence-electron chi connectivity index (χ2n) is 4.13. The van der Waals surface area contributed by atoms with Crippen molar-refractivity contribution >= 4 is 0 Å². The largest absolute Gasteiger partial charge is 0.297 e. The van der Waals surface area contributed by atoms with Gasteiger partial charge in [-0.05, 0) is 31.0 Å². The van der Waals surface area contributed by atoms with Crippen molar-refractivity contribution in [2.24, 2.45) is 0 Å². The van der Waals surface area contributed by atoms with Crippen LogP contribution in [0.5, 0.6) is 0 Å². The van der Waals surface area contributed by atoms with Crippen LogP contribution < -0.4 is 5.32 Å². The van der Waals surface area contributed by atoms with Crippen molar-refractivity contribution in [1.82, 2.24) is 5.32 Å². The van der Waals surface area contributed by atoms with Gasteiger partial charge in [-0.3, -0.25) is 5.32 Å². The molecule has 0 aliphatic carbocycles. The fraction of sp³-hybridized carbons (Fsp3) is 0.400. The van der Waals surface area contributed by atoms with Gasteiger partial charge in [0.25, 0.3) is 0 Å². The van der Waals surface area contributed by atoms with Crippen LogP contribution in [0.25, 0.3) is 0 Å². The highest BCUT2D eigenvalue weighted by molar-refractivity contribution is 5.32. The molecular weight excluding hydrogens is 208 g/mol. The zero-order chi connectivity index (χ0) is 12.7. The van der Waals surface area contributed by atoms with Crippen molar-refractivity contribution in [3.63, 3.8) is 0 Å². The Morgan fingerprint density at radius 2 is 2.00 bits per heavy atom. The number of benzene rings is 1. The number of nitriles is 1. The molecule has 0 radical (unpaired) electrons. The topological polar surface area (TPSA) is 35.8 Å². The quantitative estimate of drug-likeness (QED) is 0.783. The summed E-state index contributed by atoms with van der Waals surface area (Å²) in [6, 6.07) is 10.0. The number of hydrogen-bond donors (Lipinski definition) is 1. The van der Waals surface area contributed by atoms with Gasteiger partial charge in [0.15, 0.2) is 0 Å².